The molecule has 1 N–H and O–H groups in total. The second kappa shape index (κ2) is 7.08. The van der Waals surface area contributed by atoms with Crippen LogP contribution in [0.15, 0.2) is 24.5 Å². The summed E-state index contributed by atoms with van der Waals surface area (Å²) in [6, 6.07) is 3.94. The number of hydrogen-bond donors (Lipinski definition) is 1. The topological polar surface area (TPSA) is 71.2 Å². The molecule has 2 rings (SSSR count). The third kappa shape index (κ3) is 4.08. The van der Waals surface area contributed by atoms with Gasteiger partial charge < -0.3 is 9.67 Å². The fraction of sp³-hybridized carbons (Fsp3) is 0.357. The van der Waals surface area contributed by atoms with E-state index in [4.69, 9.17) is 5.11 Å². The Morgan fingerprint density at radius 1 is 1.36 bits per heavy atom. The highest BCUT2D eigenvalue weighted by Gasteiger charge is 2.15. The van der Waals surface area contributed by atoms with Crippen LogP contribution < -0.4 is 0 Å². The predicted octanol–water partition coefficient (Wildman–Crippen LogP) is 1.57. The van der Waals surface area contributed by atoms with Crippen molar-refractivity contribution < 1.29 is 18.7 Å². The van der Waals surface area contributed by atoms with Crippen LogP contribution in [0.5, 0.6) is 0 Å². The van der Waals surface area contributed by atoms with Gasteiger partial charge in [0.2, 0.25) is 0 Å². The number of aliphatic carboxylic acids is 1. The van der Waals surface area contributed by atoms with Crippen LogP contribution in [-0.4, -0.2) is 37.3 Å². The highest BCUT2D eigenvalue weighted by Crippen LogP contribution is 2.15. The van der Waals surface area contributed by atoms with Gasteiger partial charge in [-0.3, -0.25) is 9.69 Å². The molecule has 0 aliphatic rings. The molecule has 1 heterocycles. The smallest absolute Gasteiger partial charge is 0.304 e. The summed E-state index contributed by atoms with van der Waals surface area (Å²) in [5.41, 5.74) is 0.174. The highest BCUT2D eigenvalue weighted by molar-refractivity contribution is 5.66. The number of halogens is 2. The average molecular weight is 310 g/mol. The van der Waals surface area contributed by atoms with Crippen LogP contribution in [0.3, 0.4) is 0 Å². The maximum atomic E-state index is 13.8. The summed E-state index contributed by atoms with van der Waals surface area (Å²) in [5.74, 6) is -2.18. The lowest BCUT2D eigenvalue weighted by molar-refractivity contribution is -0.137. The van der Waals surface area contributed by atoms with E-state index in [1.807, 2.05) is 0 Å². The Morgan fingerprint density at radius 2 is 2.14 bits per heavy atom. The van der Waals surface area contributed by atoms with Gasteiger partial charge in [-0.2, -0.15) is 0 Å². The third-order valence-electron chi connectivity index (χ3n) is 3.24. The van der Waals surface area contributed by atoms with Crippen LogP contribution in [-0.2, 0) is 24.9 Å². The Kier molecular flexibility index (Phi) is 5.16. The quantitative estimate of drug-likeness (QED) is 0.840. The molecule has 0 bridgehead atoms. The minimum absolute atomic E-state index is 0.0870. The van der Waals surface area contributed by atoms with Crippen molar-refractivity contribution >= 4 is 5.97 Å². The molecule has 1 aromatic heterocycles. The summed E-state index contributed by atoms with van der Waals surface area (Å²) >= 11 is 0. The molecule has 0 amide bonds. The maximum Gasteiger partial charge on any atom is 0.304 e. The van der Waals surface area contributed by atoms with Gasteiger partial charge in [0, 0.05) is 25.7 Å². The minimum Gasteiger partial charge on any atom is -0.481 e. The zero-order chi connectivity index (χ0) is 16.1. The number of aromatic nitrogens is 3. The summed E-state index contributed by atoms with van der Waals surface area (Å²) in [7, 11) is 1.76. The van der Waals surface area contributed by atoms with E-state index < -0.39 is 17.6 Å². The molecule has 0 atom stereocenters. The Bertz CT molecular complexity index is 660. The number of carbonyl (C=O) groups is 1. The zero-order valence-electron chi connectivity index (χ0n) is 12.0. The van der Waals surface area contributed by atoms with Gasteiger partial charge in [-0.15, -0.1) is 10.2 Å². The molecule has 0 unspecified atom stereocenters. The van der Waals surface area contributed by atoms with Gasteiger partial charge in [-0.1, -0.05) is 12.1 Å². The first-order valence-corrected chi connectivity index (χ1v) is 6.67. The van der Waals surface area contributed by atoms with Crippen molar-refractivity contribution in [2.45, 2.75) is 19.5 Å². The summed E-state index contributed by atoms with van der Waals surface area (Å²) in [6.45, 7) is 0.571. The molecular formula is C14H16F2N4O2. The zero-order valence-corrected chi connectivity index (χ0v) is 12.0. The summed E-state index contributed by atoms with van der Waals surface area (Å²) in [5, 5.41) is 16.5. The molecule has 0 aliphatic heterocycles. The molecule has 22 heavy (non-hydrogen) atoms. The van der Waals surface area contributed by atoms with Crippen molar-refractivity contribution in [2.75, 3.05) is 6.54 Å². The normalized spacial score (nSPS) is 11.1. The van der Waals surface area contributed by atoms with Gasteiger partial charge >= 0.3 is 5.97 Å². The van der Waals surface area contributed by atoms with Crippen LogP contribution in [0.4, 0.5) is 8.78 Å². The van der Waals surface area contributed by atoms with E-state index in [0.717, 1.165) is 6.07 Å². The van der Waals surface area contributed by atoms with Crippen LogP contribution in [0.1, 0.15) is 17.8 Å². The van der Waals surface area contributed by atoms with E-state index in [-0.39, 0.29) is 25.1 Å². The standard InChI is InChI=1S/C14H16F2N4O2/c1-19-9-17-18-12(19)8-20(6-5-13(21)22)7-10-3-2-4-11(15)14(10)16/h2-4,9H,5-8H2,1H3,(H,21,22). The number of nitrogens with zero attached hydrogens (tertiary/aromatic N) is 4. The lowest BCUT2D eigenvalue weighted by atomic mass is 10.2. The van der Waals surface area contributed by atoms with Crippen LogP contribution in [0, 0.1) is 11.6 Å². The molecule has 0 spiro atoms. The second-order valence-electron chi connectivity index (χ2n) is 4.93. The van der Waals surface area contributed by atoms with Gasteiger partial charge in [-0.25, -0.2) is 8.78 Å². The van der Waals surface area contributed by atoms with Gasteiger partial charge in [0.1, 0.15) is 12.2 Å². The van der Waals surface area contributed by atoms with Crippen LogP contribution in [0.25, 0.3) is 0 Å². The number of rotatable bonds is 7. The first kappa shape index (κ1) is 16.0. The highest BCUT2D eigenvalue weighted by atomic mass is 19.2. The van der Waals surface area contributed by atoms with Crippen LogP contribution >= 0.6 is 0 Å². The van der Waals surface area contributed by atoms with E-state index in [9.17, 15) is 13.6 Å². The van der Waals surface area contributed by atoms with Crippen molar-refractivity contribution in [3.63, 3.8) is 0 Å². The Hall–Kier alpha value is -2.35. The summed E-state index contributed by atoms with van der Waals surface area (Å²) < 4.78 is 28.7. The lowest BCUT2D eigenvalue weighted by Crippen LogP contribution is -2.27. The number of aryl methyl sites for hydroxylation is 1. The van der Waals surface area contributed by atoms with E-state index in [1.165, 1.54) is 18.5 Å². The first-order chi connectivity index (χ1) is 10.5. The molecule has 0 saturated heterocycles. The second-order valence-corrected chi connectivity index (χ2v) is 4.93. The molecule has 6 nitrogen and oxygen atoms in total. The molecule has 0 fully saturated rings. The minimum atomic E-state index is -0.956. The number of carboxylic acid groups (broad SMARTS) is 1. The lowest BCUT2D eigenvalue weighted by Gasteiger charge is -2.21. The van der Waals surface area contributed by atoms with Crippen molar-refractivity contribution in [2.24, 2.45) is 7.05 Å². The molecule has 8 heteroatoms. The number of carboxylic acids is 1. The summed E-state index contributed by atoms with van der Waals surface area (Å²) in [6.07, 6.45) is 1.42. The van der Waals surface area contributed by atoms with E-state index >= 15 is 0 Å². The molecule has 118 valence electrons. The monoisotopic (exact) mass is 310 g/mol. The van der Waals surface area contributed by atoms with E-state index in [1.54, 1.807) is 16.5 Å². The van der Waals surface area contributed by atoms with E-state index in [2.05, 4.69) is 10.2 Å². The van der Waals surface area contributed by atoms with Crippen molar-refractivity contribution in [1.82, 2.24) is 19.7 Å². The fourth-order valence-corrected chi connectivity index (χ4v) is 2.03. The third-order valence-corrected chi connectivity index (χ3v) is 3.24. The van der Waals surface area contributed by atoms with Gasteiger partial charge in [0.05, 0.1) is 13.0 Å². The Labute approximate surface area is 126 Å². The Balaban J connectivity index is 2.15. The maximum absolute atomic E-state index is 13.8. The van der Waals surface area contributed by atoms with E-state index in [0.29, 0.717) is 12.4 Å². The first-order valence-electron chi connectivity index (χ1n) is 6.67. The number of benzene rings is 1. The molecule has 0 radical (unpaired) electrons. The average Bonchev–Trinajstić information content (AvgIpc) is 2.86. The molecule has 0 saturated carbocycles. The van der Waals surface area contributed by atoms with Gasteiger partial charge in [0.15, 0.2) is 11.6 Å². The fourth-order valence-electron chi connectivity index (χ4n) is 2.03. The molecular weight excluding hydrogens is 294 g/mol. The van der Waals surface area contributed by atoms with Gasteiger partial charge in [-0.05, 0) is 6.07 Å². The Morgan fingerprint density at radius 3 is 2.77 bits per heavy atom. The molecule has 2 aromatic rings. The molecule has 1 aromatic carbocycles. The van der Waals surface area contributed by atoms with Crippen molar-refractivity contribution in [3.8, 4) is 0 Å². The van der Waals surface area contributed by atoms with Crippen LogP contribution in [0.2, 0.25) is 0 Å². The largest absolute Gasteiger partial charge is 0.481 e. The number of hydrogen-bond acceptors (Lipinski definition) is 4. The summed E-state index contributed by atoms with van der Waals surface area (Å²) in [4.78, 5) is 12.4. The SMILES string of the molecule is Cn1cnnc1CN(CCC(=O)O)Cc1cccc(F)c1F. The van der Waals surface area contributed by atoms with Crippen molar-refractivity contribution in [1.29, 1.82) is 0 Å². The molecule has 0 aliphatic carbocycles. The van der Waals surface area contributed by atoms with Gasteiger partial charge in [0.25, 0.3) is 0 Å². The predicted molar refractivity (Wildman–Crippen MR) is 73.7 cm³/mol. The van der Waals surface area contributed by atoms with Crippen molar-refractivity contribution in [3.05, 3.63) is 47.5 Å².